The third kappa shape index (κ3) is 2.13. The van der Waals surface area contributed by atoms with Crippen LogP contribution in [-0.4, -0.2) is 5.11 Å². The van der Waals surface area contributed by atoms with Crippen molar-refractivity contribution in [3.05, 3.63) is 41.5 Å². The van der Waals surface area contributed by atoms with Crippen LogP contribution in [0.4, 0.5) is 0 Å². The first-order chi connectivity index (χ1) is 7.61. The zero-order chi connectivity index (χ0) is 11.6. The van der Waals surface area contributed by atoms with E-state index >= 15 is 0 Å². The molecule has 1 saturated carbocycles. The number of hydrogen-bond donors (Lipinski definition) is 1. The van der Waals surface area contributed by atoms with Gasteiger partial charge in [-0.2, -0.15) is 0 Å². The fraction of sp³-hybridized carbons (Fsp3) is 0.467. The molecule has 1 heteroatoms. The highest BCUT2D eigenvalue weighted by Gasteiger charge is 2.29. The molecule has 0 aliphatic heterocycles. The molecule has 1 N–H and O–H groups in total. The van der Waals surface area contributed by atoms with Crippen LogP contribution in [0.15, 0.2) is 35.9 Å². The molecule has 16 heavy (non-hydrogen) atoms. The maximum Gasteiger partial charge on any atom is 0.122 e. The van der Waals surface area contributed by atoms with Gasteiger partial charge in [0.2, 0.25) is 0 Å². The summed E-state index contributed by atoms with van der Waals surface area (Å²) in [5, 5.41) is 10.4. The molecule has 0 spiro atoms. The molecule has 86 valence electrons. The van der Waals surface area contributed by atoms with E-state index in [1.54, 1.807) is 0 Å². The monoisotopic (exact) mass is 216 g/mol. The van der Waals surface area contributed by atoms with Gasteiger partial charge < -0.3 is 5.11 Å². The lowest BCUT2D eigenvalue weighted by atomic mass is 9.72. The van der Waals surface area contributed by atoms with Crippen LogP contribution in [0, 0.1) is 5.41 Å². The molecule has 2 rings (SSSR count). The lowest BCUT2D eigenvalue weighted by Gasteiger charge is -2.33. The van der Waals surface area contributed by atoms with E-state index in [0.717, 1.165) is 12.0 Å². The molecule has 0 saturated heterocycles. The van der Waals surface area contributed by atoms with Crippen molar-refractivity contribution in [3.8, 4) is 0 Å². The van der Waals surface area contributed by atoms with Gasteiger partial charge in [-0.3, -0.25) is 0 Å². The van der Waals surface area contributed by atoms with Gasteiger partial charge in [0.15, 0.2) is 0 Å². The largest absolute Gasteiger partial charge is 0.507 e. The molecule has 0 radical (unpaired) electrons. The molecule has 1 aliphatic carbocycles. The second-order valence-corrected chi connectivity index (χ2v) is 5.28. The number of hydrogen-bond acceptors (Lipinski definition) is 1. The third-order valence-corrected chi connectivity index (χ3v) is 3.63. The second kappa shape index (κ2) is 4.32. The Labute approximate surface area is 97.8 Å². The van der Waals surface area contributed by atoms with Crippen molar-refractivity contribution in [1.82, 2.24) is 0 Å². The second-order valence-electron chi connectivity index (χ2n) is 5.28. The molecule has 0 atom stereocenters. The topological polar surface area (TPSA) is 20.2 Å². The Bertz CT molecular complexity index is 387. The average molecular weight is 216 g/mol. The van der Waals surface area contributed by atoms with E-state index in [2.05, 4.69) is 13.8 Å². The van der Waals surface area contributed by atoms with E-state index in [4.69, 9.17) is 0 Å². The maximum atomic E-state index is 10.4. The van der Waals surface area contributed by atoms with Crippen LogP contribution in [0.5, 0.6) is 0 Å². The van der Waals surface area contributed by atoms with Crippen molar-refractivity contribution in [1.29, 1.82) is 0 Å². The quantitative estimate of drug-likeness (QED) is 0.682. The number of rotatable bonds is 1. The number of aliphatic hydroxyl groups is 1. The van der Waals surface area contributed by atoms with Gasteiger partial charge in [0, 0.05) is 5.56 Å². The summed E-state index contributed by atoms with van der Waals surface area (Å²) in [5.41, 5.74) is 2.33. The average Bonchev–Trinajstić information content (AvgIpc) is 2.29. The van der Waals surface area contributed by atoms with Gasteiger partial charge >= 0.3 is 0 Å². The van der Waals surface area contributed by atoms with Gasteiger partial charge in [-0.05, 0) is 30.3 Å². The van der Waals surface area contributed by atoms with E-state index in [9.17, 15) is 5.11 Å². The van der Waals surface area contributed by atoms with Gasteiger partial charge in [0.05, 0.1) is 0 Å². The lowest BCUT2D eigenvalue weighted by molar-refractivity contribution is 0.325. The fourth-order valence-electron chi connectivity index (χ4n) is 2.57. The maximum absolute atomic E-state index is 10.4. The predicted molar refractivity (Wildman–Crippen MR) is 68.2 cm³/mol. The highest BCUT2D eigenvalue weighted by atomic mass is 16.3. The van der Waals surface area contributed by atoms with Crippen molar-refractivity contribution in [2.24, 2.45) is 5.41 Å². The standard InChI is InChI=1S/C15H20O/c1-15(2)11-7-6-10-13(15)14(16)12-8-4-3-5-9-12/h3-5,8-9,16H,6-7,10-11H2,1-2H3/b14-13-. The van der Waals surface area contributed by atoms with Crippen LogP contribution in [-0.2, 0) is 0 Å². The molecule has 0 unspecified atom stereocenters. The summed E-state index contributed by atoms with van der Waals surface area (Å²) in [6.07, 6.45) is 4.70. The van der Waals surface area contributed by atoms with E-state index in [-0.39, 0.29) is 5.41 Å². The lowest BCUT2D eigenvalue weighted by Crippen LogP contribution is -2.20. The summed E-state index contributed by atoms with van der Waals surface area (Å²) in [5.74, 6) is 0.505. The zero-order valence-electron chi connectivity index (χ0n) is 10.2. The van der Waals surface area contributed by atoms with Crippen molar-refractivity contribution in [2.45, 2.75) is 39.5 Å². The van der Waals surface area contributed by atoms with Crippen LogP contribution in [0.2, 0.25) is 0 Å². The van der Waals surface area contributed by atoms with Crippen molar-refractivity contribution >= 4 is 5.76 Å². The molecule has 1 aromatic rings. The van der Waals surface area contributed by atoms with Crippen LogP contribution >= 0.6 is 0 Å². The first kappa shape index (κ1) is 11.3. The van der Waals surface area contributed by atoms with Gasteiger partial charge in [-0.15, -0.1) is 0 Å². The van der Waals surface area contributed by atoms with Crippen LogP contribution in [0.3, 0.4) is 0 Å². The van der Waals surface area contributed by atoms with Gasteiger partial charge in [0.25, 0.3) is 0 Å². The molecular formula is C15H20O. The smallest absolute Gasteiger partial charge is 0.122 e. The molecule has 1 aromatic carbocycles. The van der Waals surface area contributed by atoms with Crippen LogP contribution in [0.25, 0.3) is 5.76 Å². The minimum absolute atomic E-state index is 0.151. The van der Waals surface area contributed by atoms with E-state index in [0.29, 0.717) is 5.76 Å². The van der Waals surface area contributed by atoms with Crippen LogP contribution < -0.4 is 0 Å². The predicted octanol–water partition coefficient (Wildman–Crippen LogP) is 4.56. The molecule has 1 aliphatic rings. The number of benzene rings is 1. The van der Waals surface area contributed by atoms with Crippen molar-refractivity contribution in [2.75, 3.05) is 0 Å². The van der Waals surface area contributed by atoms with E-state index in [1.807, 2.05) is 30.3 Å². The highest BCUT2D eigenvalue weighted by Crippen LogP contribution is 2.43. The summed E-state index contributed by atoms with van der Waals surface area (Å²) < 4.78 is 0. The van der Waals surface area contributed by atoms with Crippen molar-refractivity contribution < 1.29 is 5.11 Å². The number of allylic oxidation sites excluding steroid dienone is 1. The third-order valence-electron chi connectivity index (χ3n) is 3.63. The summed E-state index contributed by atoms with van der Waals surface area (Å²) in [4.78, 5) is 0. The van der Waals surface area contributed by atoms with Gasteiger partial charge in [-0.1, -0.05) is 50.6 Å². The molecule has 1 nitrogen and oxygen atoms in total. The normalized spacial score (nSPS) is 22.9. The molecule has 0 aromatic heterocycles. The summed E-state index contributed by atoms with van der Waals surface area (Å²) in [6, 6.07) is 9.89. The molecule has 1 fully saturated rings. The van der Waals surface area contributed by atoms with Crippen molar-refractivity contribution in [3.63, 3.8) is 0 Å². The summed E-state index contributed by atoms with van der Waals surface area (Å²) in [7, 11) is 0. The fourth-order valence-corrected chi connectivity index (χ4v) is 2.57. The zero-order valence-corrected chi connectivity index (χ0v) is 10.2. The molecule has 0 amide bonds. The minimum Gasteiger partial charge on any atom is -0.507 e. The SMILES string of the molecule is CC1(C)CCCC/C1=C(/O)c1ccccc1. The Morgan fingerprint density at radius 1 is 1.12 bits per heavy atom. The molecule has 0 bridgehead atoms. The minimum atomic E-state index is 0.151. The van der Waals surface area contributed by atoms with Crippen LogP contribution in [0.1, 0.15) is 45.1 Å². The Kier molecular flexibility index (Phi) is 3.04. The number of aliphatic hydroxyl groups excluding tert-OH is 1. The van der Waals surface area contributed by atoms with E-state index < -0.39 is 0 Å². The Hall–Kier alpha value is -1.24. The molecular weight excluding hydrogens is 196 g/mol. The Balaban J connectivity index is 2.40. The highest BCUT2D eigenvalue weighted by molar-refractivity contribution is 5.63. The summed E-state index contributed by atoms with van der Waals surface area (Å²) >= 11 is 0. The molecule has 0 heterocycles. The van der Waals surface area contributed by atoms with Gasteiger partial charge in [-0.25, -0.2) is 0 Å². The first-order valence-electron chi connectivity index (χ1n) is 6.09. The Morgan fingerprint density at radius 2 is 1.81 bits per heavy atom. The first-order valence-corrected chi connectivity index (χ1v) is 6.09. The summed E-state index contributed by atoms with van der Waals surface area (Å²) in [6.45, 7) is 4.47. The van der Waals surface area contributed by atoms with E-state index in [1.165, 1.54) is 24.8 Å². The Morgan fingerprint density at radius 3 is 2.44 bits per heavy atom. The van der Waals surface area contributed by atoms with Gasteiger partial charge in [0.1, 0.15) is 5.76 Å².